The molecule has 1 nitrogen and oxygen atoms in total. The Balaban J connectivity index is 2.95. The van der Waals surface area contributed by atoms with Gasteiger partial charge in [0.2, 0.25) is 9.04 Å². The van der Waals surface area contributed by atoms with E-state index in [1.54, 1.807) is 0 Å². The average Bonchev–Trinajstić information content (AvgIpc) is 1.85. The van der Waals surface area contributed by atoms with E-state index in [2.05, 4.69) is 26.1 Å². The molecule has 0 aromatic carbocycles. The molecule has 0 spiro atoms. The molecule has 0 unspecified atom stereocenters. The highest BCUT2D eigenvalue weighted by Crippen LogP contribution is 1.99. The molecular weight excluding hydrogens is 148 g/mol. The van der Waals surface area contributed by atoms with Crippen LogP contribution in [0.3, 0.4) is 0 Å². The minimum Gasteiger partial charge on any atom is -0.417 e. The number of thiol groups is 1. The molecule has 0 aromatic rings. The molecule has 0 bridgehead atoms. The van der Waals surface area contributed by atoms with Crippen LogP contribution in [0, 0.1) is 0 Å². The summed E-state index contributed by atoms with van der Waals surface area (Å²) in [6.07, 6.45) is 1.20. The molecule has 0 rings (SSSR count). The van der Waals surface area contributed by atoms with Gasteiger partial charge in [-0.15, -0.1) is 0 Å². The fourth-order valence-corrected chi connectivity index (χ4v) is 2.41. The fourth-order valence-electron chi connectivity index (χ4n) is 0.647. The maximum absolute atomic E-state index is 5.41. The first-order valence-electron chi connectivity index (χ1n) is 3.37. The van der Waals surface area contributed by atoms with Crippen LogP contribution in [-0.2, 0) is 4.43 Å². The molecule has 55 valence electrons. The summed E-state index contributed by atoms with van der Waals surface area (Å²) in [6, 6.07) is 1.24. The highest BCUT2D eigenvalue weighted by atomic mass is 32.1. The summed E-state index contributed by atoms with van der Waals surface area (Å²) in [5.74, 6) is 0.995. The van der Waals surface area contributed by atoms with Gasteiger partial charge in [0.05, 0.1) is 0 Å². The Morgan fingerprint density at radius 1 is 1.56 bits per heavy atom. The van der Waals surface area contributed by atoms with Gasteiger partial charge in [0.25, 0.3) is 0 Å². The Morgan fingerprint density at radius 3 is 2.67 bits per heavy atom. The zero-order valence-electron chi connectivity index (χ0n) is 6.18. The second-order valence-corrected chi connectivity index (χ2v) is 4.60. The maximum atomic E-state index is 5.41. The second-order valence-electron chi connectivity index (χ2n) is 1.96. The first kappa shape index (κ1) is 9.53. The smallest absolute Gasteiger partial charge is 0.208 e. The van der Waals surface area contributed by atoms with Crippen molar-refractivity contribution in [3.8, 4) is 0 Å². The third-order valence-electron chi connectivity index (χ3n) is 1.08. The Hall–Kier alpha value is 0.527. The van der Waals surface area contributed by atoms with E-state index in [9.17, 15) is 0 Å². The van der Waals surface area contributed by atoms with Gasteiger partial charge in [-0.3, -0.25) is 0 Å². The summed E-state index contributed by atoms with van der Waals surface area (Å²) in [7, 11) is -0.452. The second kappa shape index (κ2) is 6.64. The van der Waals surface area contributed by atoms with Gasteiger partial charge >= 0.3 is 0 Å². The molecule has 0 atom stereocenters. The SMILES string of the molecule is CCO[Si](C)CCCS. The molecule has 9 heavy (non-hydrogen) atoms. The lowest BCUT2D eigenvalue weighted by Gasteiger charge is -2.06. The first-order valence-corrected chi connectivity index (χ1v) is 6.12. The molecule has 0 fully saturated rings. The molecule has 0 amide bonds. The van der Waals surface area contributed by atoms with Crippen LogP contribution in [0.4, 0.5) is 0 Å². The largest absolute Gasteiger partial charge is 0.417 e. The summed E-state index contributed by atoms with van der Waals surface area (Å²) in [5.41, 5.74) is 0. The van der Waals surface area contributed by atoms with Crippen LogP contribution in [0.1, 0.15) is 13.3 Å². The van der Waals surface area contributed by atoms with Gasteiger partial charge in [-0.1, -0.05) is 0 Å². The Morgan fingerprint density at radius 2 is 2.22 bits per heavy atom. The van der Waals surface area contributed by atoms with Gasteiger partial charge in [-0.2, -0.15) is 12.6 Å². The van der Waals surface area contributed by atoms with Crippen LogP contribution >= 0.6 is 12.6 Å². The average molecular weight is 163 g/mol. The molecule has 0 heterocycles. The molecule has 1 radical (unpaired) electrons. The highest BCUT2D eigenvalue weighted by molar-refractivity contribution is 7.80. The molecule has 0 N–H and O–H groups in total. The van der Waals surface area contributed by atoms with E-state index in [-0.39, 0.29) is 0 Å². The molecule has 0 saturated heterocycles. The molecular formula is C6H15OSSi. The Labute approximate surface area is 64.9 Å². The van der Waals surface area contributed by atoms with Gasteiger partial charge < -0.3 is 4.43 Å². The predicted octanol–water partition coefficient (Wildman–Crippen LogP) is 1.96. The van der Waals surface area contributed by atoms with E-state index >= 15 is 0 Å². The van der Waals surface area contributed by atoms with Crippen molar-refractivity contribution in [2.75, 3.05) is 12.4 Å². The van der Waals surface area contributed by atoms with E-state index in [4.69, 9.17) is 4.43 Å². The van der Waals surface area contributed by atoms with Gasteiger partial charge in [0.15, 0.2) is 0 Å². The molecule has 0 aliphatic heterocycles. The van der Waals surface area contributed by atoms with Crippen molar-refractivity contribution in [3.63, 3.8) is 0 Å². The van der Waals surface area contributed by atoms with Crippen molar-refractivity contribution in [1.82, 2.24) is 0 Å². The van der Waals surface area contributed by atoms with Crippen LogP contribution in [-0.4, -0.2) is 21.4 Å². The minimum atomic E-state index is -0.452. The molecule has 0 aliphatic rings. The summed E-state index contributed by atoms with van der Waals surface area (Å²) in [4.78, 5) is 0. The molecule has 3 heteroatoms. The number of hydrogen-bond donors (Lipinski definition) is 1. The van der Waals surface area contributed by atoms with Crippen molar-refractivity contribution in [3.05, 3.63) is 0 Å². The normalized spacial score (nSPS) is 10.7. The minimum absolute atomic E-state index is 0.452. The van der Waals surface area contributed by atoms with E-state index in [1.165, 1.54) is 12.5 Å². The van der Waals surface area contributed by atoms with Crippen LogP contribution < -0.4 is 0 Å². The van der Waals surface area contributed by atoms with E-state index in [0.29, 0.717) is 0 Å². The number of hydrogen-bond acceptors (Lipinski definition) is 2. The van der Waals surface area contributed by atoms with Crippen LogP contribution in [0.5, 0.6) is 0 Å². The summed E-state index contributed by atoms with van der Waals surface area (Å²) >= 11 is 4.12. The predicted molar refractivity (Wildman–Crippen MR) is 46.5 cm³/mol. The van der Waals surface area contributed by atoms with Gasteiger partial charge in [0.1, 0.15) is 0 Å². The van der Waals surface area contributed by atoms with Crippen LogP contribution in [0.15, 0.2) is 0 Å². The Bertz CT molecular complexity index is 61.0. The van der Waals surface area contributed by atoms with Gasteiger partial charge in [0, 0.05) is 6.61 Å². The molecule has 0 aromatic heterocycles. The summed E-state index contributed by atoms with van der Waals surface area (Å²) in [6.45, 7) is 5.13. The van der Waals surface area contributed by atoms with Crippen molar-refractivity contribution in [2.45, 2.75) is 25.9 Å². The topological polar surface area (TPSA) is 9.23 Å². The molecule has 0 saturated carbocycles. The lowest BCUT2D eigenvalue weighted by Crippen LogP contribution is -2.12. The highest BCUT2D eigenvalue weighted by Gasteiger charge is 2.01. The van der Waals surface area contributed by atoms with Crippen LogP contribution in [0.25, 0.3) is 0 Å². The zero-order chi connectivity index (χ0) is 7.11. The van der Waals surface area contributed by atoms with Crippen LogP contribution in [0.2, 0.25) is 12.6 Å². The lowest BCUT2D eigenvalue weighted by molar-refractivity contribution is 0.345. The maximum Gasteiger partial charge on any atom is 0.208 e. The van der Waals surface area contributed by atoms with Crippen molar-refractivity contribution >= 4 is 21.7 Å². The standard InChI is InChI=1S/C6H15OSSi/c1-3-7-9(2)6-4-5-8/h8H,3-6H2,1-2H3. The van der Waals surface area contributed by atoms with E-state index < -0.39 is 9.04 Å². The molecule has 0 aliphatic carbocycles. The Kier molecular flexibility index (Phi) is 7.03. The van der Waals surface area contributed by atoms with E-state index in [1.807, 2.05) is 0 Å². The van der Waals surface area contributed by atoms with Gasteiger partial charge in [-0.05, 0) is 31.7 Å². The van der Waals surface area contributed by atoms with Crippen molar-refractivity contribution in [1.29, 1.82) is 0 Å². The third-order valence-corrected chi connectivity index (χ3v) is 3.23. The summed E-state index contributed by atoms with van der Waals surface area (Å²) in [5, 5.41) is 0. The van der Waals surface area contributed by atoms with Crippen molar-refractivity contribution < 1.29 is 4.43 Å². The van der Waals surface area contributed by atoms with Gasteiger partial charge in [-0.25, -0.2) is 0 Å². The van der Waals surface area contributed by atoms with E-state index in [0.717, 1.165) is 12.4 Å². The quantitative estimate of drug-likeness (QED) is 0.481. The zero-order valence-corrected chi connectivity index (χ0v) is 8.08. The summed E-state index contributed by atoms with van der Waals surface area (Å²) < 4.78 is 5.41. The number of rotatable bonds is 5. The third kappa shape index (κ3) is 6.41. The fraction of sp³-hybridized carbons (Fsp3) is 1.00. The lowest BCUT2D eigenvalue weighted by atomic mass is 10.6. The van der Waals surface area contributed by atoms with Crippen molar-refractivity contribution in [2.24, 2.45) is 0 Å². The monoisotopic (exact) mass is 163 g/mol. The first-order chi connectivity index (χ1) is 4.31.